The second-order valence-electron chi connectivity index (χ2n) is 4.22. The predicted molar refractivity (Wildman–Crippen MR) is 74.1 cm³/mol. The van der Waals surface area contributed by atoms with Gasteiger partial charge in [-0.3, -0.25) is 4.79 Å². The normalized spacial score (nSPS) is 10.5. The Labute approximate surface area is 111 Å². The number of hydrogen-bond acceptors (Lipinski definition) is 4. The van der Waals surface area contributed by atoms with Crippen LogP contribution in [0.1, 0.15) is 18.1 Å². The van der Waals surface area contributed by atoms with Gasteiger partial charge in [0.05, 0.1) is 12.3 Å². The van der Waals surface area contributed by atoms with Crippen molar-refractivity contribution in [3.05, 3.63) is 45.7 Å². The van der Waals surface area contributed by atoms with E-state index in [1.54, 1.807) is 0 Å². The molecule has 0 bridgehead atoms. The van der Waals surface area contributed by atoms with Crippen molar-refractivity contribution in [1.29, 1.82) is 0 Å². The van der Waals surface area contributed by atoms with Gasteiger partial charge in [-0.25, -0.2) is 5.10 Å². The molecule has 19 heavy (non-hydrogen) atoms. The molecule has 0 fully saturated rings. The summed E-state index contributed by atoms with van der Waals surface area (Å²) in [4.78, 5) is 11.2. The van der Waals surface area contributed by atoms with E-state index in [1.165, 1.54) is 6.07 Å². The molecule has 2 aromatic rings. The highest BCUT2D eigenvalue weighted by molar-refractivity contribution is 5.64. The number of rotatable bonds is 4. The fourth-order valence-electron chi connectivity index (χ4n) is 1.96. The molecule has 0 aliphatic carbocycles. The standard InChI is InChI=1S/C14H17N3O2/c1-3-19-12-5-4-10(6-9(12)2)14-11(8-15)7-13(18)16-17-14/h4-7H,3,8,15H2,1-2H3,(H,16,18). The summed E-state index contributed by atoms with van der Waals surface area (Å²) < 4.78 is 5.50. The average molecular weight is 259 g/mol. The van der Waals surface area contributed by atoms with Crippen LogP contribution >= 0.6 is 0 Å². The zero-order chi connectivity index (χ0) is 13.8. The van der Waals surface area contributed by atoms with Gasteiger partial charge < -0.3 is 10.5 Å². The van der Waals surface area contributed by atoms with Crippen LogP contribution in [0, 0.1) is 6.92 Å². The molecule has 0 aliphatic heterocycles. The molecular formula is C14H17N3O2. The maximum absolute atomic E-state index is 11.2. The molecule has 0 saturated heterocycles. The first-order chi connectivity index (χ1) is 9.15. The monoisotopic (exact) mass is 259 g/mol. The summed E-state index contributed by atoms with van der Waals surface area (Å²) in [7, 11) is 0. The molecule has 0 spiro atoms. The van der Waals surface area contributed by atoms with Gasteiger partial charge in [-0.15, -0.1) is 0 Å². The van der Waals surface area contributed by atoms with Crippen molar-refractivity contribution in [3.8, 4) is 17.0 Å². The molecule has 0 aliphatic rings. The van der Waals surface area contributed by atoms with Crippen molar-refractivity contribution < 1.29 is 4.74 Å². The Morgan fingerprint density at radius 3 is 2.79 bits per heavy atom. The quantitative estimate of drug-likeness (QED) is 0.874. The van der Waals surface area contributed by atoms with Crippen LogP contribution < -0.4 is 16.0 Å². The van der Waals surface area contributed by atoms with E-state index in [-0.39, 0.29) is 12.1 Å². The van der Waals surface area contributed by atoms with Crippen molar-refractivity contribution in [3.63, 3.8) is 0 Å². The van der Waals surface area contributed by atoms with Crippen LogP contribution in [0.3, 0.4) is 0 Å². The maximum atomic E-state index is 11.2. The number of nitrogens with one attached hydrogen (secondary N) is 1. The number of nitrogens with two attached hydrogens (primary N) is 1. The lowest BCUT2D eigenvalue weighted by Gasteiger charge is -2.10. The van der Waals surface area contributed by atoms with Gasteiger partial charge in [0, 0.05) is 18.2 Å². The van der Waals surface area contributed by atoms with Crippen LogP contribution in [0.5, 0.6) is 5.75 Å². The first-order valence-corrected chi connectivity index (χ1v) is 6.18. The van der Waals surface area contributed by atoms with Crippen molar-refractivity contribution in [2.24, 2.45) is 5.73 Å². The molecule has 1 aromatic carbocycles. The highest BCUT2D eigenvalue weighted by atomic mass is 16.5. The van der Waals surface area contributed by atoms with E-state index < -0.39 is 0 Å². The van der Waals surface area contributed by atoms with E-state index in [4.69, 9.17) is 10.5 Å². The van der Waals surface area contributed by atoms with Crippen LogP contribution in [0.4, 0.5) is 0 Å². The summed E-state index contributed by atoms with van der Waals surface area (Å²) in [6.45, 7) is 4.83. The first kappa shape index (κ1) is 13.3. The Balaban J connectivity index is 2.47. The van der Waals surface area contributed by atoms with Crippen LogP contribution in [0.15, 0.2) is 29.1 Å². The Morgan fingerprint density at radius 1 is 1.37 bits per heavy atom. The molecule has 5 heteroatoms. The number of benzene rings is 1. The molecule has 2 rings (SSSR count). The van der Waals surface area contributed by atoms with Crippen molar-refractivity contribution in [2.45, 2.75) is 20.4 Å². The number of hydrogen-bond donors (Lipinski definition) is 2. The largest absolute Gasteiger partial charge is 0.494 e. The summed E-state index contributed by atoms with van der Waals surface area (Å²) in [5.41, 5.74) is 8.78. The fraction of sp³-hybridized carbons (Fsp3) is 0.286. The topological polar surface area (TPSA) is 81.0 Å². The van der Waals surface area contributed by atoms with Crippen molar-refractivity contribution in [1.82, 2.24) is 10.2 Å². The fourth-order valence-corrected chi connectivity index (χ4v) is 1.96. The van der Waals surface area contributed by atoms with Crippen LogP contribution in [0.25, 0.3) is 11.3 Å². The second-order valence-corrected chi connectivity index (χ2v) is 4.22. The van der Waals surface area contributed by atoms with Crippen LogP contribution in [-0.4, -0.2) is 16.8 Å². The molecule has 1 heterocycles. The third kappa shape index (κ3) is 2.82. The van der Waals surface area contributed by atoms with Gasteiger partial charge in [0.15, 0.2) is 0 Å². The third-order valence-corrected chi connectivity index (χ3v) is 2.86. The maximum Gasteiger partial charge on any atom is 0.264 e. The molecular weight excluding hydrogens is 242 g/mol. The minimum absolute atomic E-state index is 0.244. The van der Waals surface area contributed by atoms with E-state index in [0.717, 1.165) is 22.4 Å². The predicted octanol–water partition coefficient (Wildman–Crippen LogP) is 1.60. The molecule has 0 radical (unpaired) electrons. The molecule has 5 nitrogen and oxygen atoms in total. The summed E-state index contributed by atoms with van der Waals surface area (Å²) in [6.07, 6.45) is 0. The van der Waals surface area contributed by atoms with Gasteiger partial charge in [0.25, 0.3) is 5.56 Å². The Kier molecular flexibility index (Phi) is 3.97. The minimum Gasteiger partial charge on any atom is -0.494 e. The lowest BCUT2D eigenvalue weighted by atomic mass is 10.0. The minimum atomic E-state index is -0.244. The molecule has 0 atom stereocenters. The summed E-state index contributed by atoms with van der Waals surface area (Å²) in [5.74, 6) is 0.852. The van der Waals surface area contributed by atoms with Crippen molar-refractivity contribution >= 4 is 0 Å². The number of nitrogens with zero attached hydrogens (tertiary/aromatic N) is 1. The van der Waals surface area contributed by atoms with E-state index in [0.29, 0.717) is 12.3 Å². The molecule has 0 amide bonds. The van der Waals surface area contributed by atoms with Gasteiger partial charge in [0.2, 0.25) is 0 Å². The van der Waals surface area contributed by atoms with Gasteiger partial charge in [0.1, 0.15) is 5.75 Å². The van der Waals surface area contributed by atoms with Gasteiger partial charge in [-0.1, -0.05) is 0 Å². The molecule has 100 valence electrons. The van der Waals surface area contributed by atoms with Gasteiger partial charge >= 0.3 is 0 Å². The Morgan fingerprint density at radius 2 is 2.16 bits per heavy atom. The number of aryl methyl sites for hydroxylation is 1. The zero-order valence-corrected chi connectivity index (χ0v) is 11.1. The highest BCUT2D eigenvalue weighted by Crippen LogP contribution is 2.26. The SMILES string of the molecule is CCOc1ccc(-c2n[nH]c(=O)cc2CN)cc1C. The Bertz CT molecular complexity index is 635. The summed E-state index contributed by atoms with van der Waals surface area (Å²) in [6, 6.07) is 7.28. The smallest absolute Gasteiger partial charge is 0.264 e. The zero-order valence-electron chi connectivity index (χ0n) is 11.1. The lowest BCUT2D eigenvalue weighted by Crippen LogP contribution is -2.12. The first-order valence-electron chi connectivity index (χ1n) is 6.18. The van der Waals surface area contributed by atoms with Crippen molar-refractivity contribution in [2.75, 3.05) is 6.61 Å². The molecule has 0 unspecified atom stereocenters. The van der Waals surface area contributed by atoms with E-state index >= 15 is 0 Å². The Hall–Kier alpha value is -2.14. The van der Waals surface area contributed by atoms with Gasteiger partial charge in [-0.05, 0) is 43.2 Å². The highest BCUT2D eigenvalue weighted by Gasteiger charge is 2.09. The van der Waals surface area contributed by atoms with E-state index in [9.17, 15) is 4.79 Å². The number of aromatic nitrogens is 2. The van der Waals surface area contributed by atoms with Crippen LogP contribution in [0.2, 0.25) is 0 Å². The molecule has 0 saturated carbocycles. The lowest BCUT2D eigenvalue weighted by molar-refractivity contribution is 0.338. The summed E-state index contributed by atoms with van der Waals surface area (Å²) >= 11 is 0. The number of H-pyrrole nitrogens is 1. The van der Waals surface area contributed by atoms with E-state index in [1.807, 2.05) is 32.0 Å². The average Bonchev–Trinajstić information content (AvgIpc) is 2.41. The van der Waals surface area contributed by atoms with Gasteiger partial charge in [-0.2, -0.15) is 5.10 Å². The van der Waals surface area contributed by atoms with E-state index in [2.05, 4.69) is 10.2 Å². The van der Waals surface area contributed by atoms with Crippen LogP contribution in [-0.2, 0) is 6.54 Å². The molecule has 1 aromatic heterocycles. The number of ether oxygens (including phenoxy) is 1. The second kappa shape index (κ2) is 5.67. The molecule has 3 N–H and O–H groups in total. The number of aromatic amines is 1. The third-order valence-electron chi connectivity index (χ3n) is 2.86. The summed E-state index contributed by atoms with van der Waals surface area (Å²) in [5, 5.41) is 6.52.